The number of nitrogens with one attached hydrogen (secondary N) is 2. The van der Waals surface area contributed by atoms with E-state index in [0.29, 0.717) is 0 Å². The zero-order valence-electron chi connectivity index (χ0n) is 8.79. The molecule has 0 bridgehead atoms. The van der Waals surface area contributed by atoms with Gasteiger partial charge in [0.25, 0.3) is 0 Å². The van der Waals surface area contributed by atoms with Crippen molar-refractivity contribution in [2.75, 3.05) is 5.73 Å². The highest BCUT2D eigenvalue weighted by molar-refractivity contribution is 5.91. The Labute approximate surface area is 96.8 Å². The van der Waals surface area contributed by atoms with E-state index < -0.39 is 5.91 Å². The quantitative estimate of drug-likeness (QED) is 0.515. The molecule has 0 spiro atoms. The van der Waals surface area contributed by atoms with Gasteiger partial charge in [0, 0.05) is 0 Å². The molecule has 7 nitrogen and oxygen atoms in total. The minimum atomic E-state index is -0.499. The van der Waals surface area contributed by atoms with E-state index in [0.717, 1.165) is 5.56 Å². The van der Waals surface area contributed by atoms with Crippen LogP contribution in [-0.4, -0.2) is 27.3 Å². The molecule has 0 saturated carbocycles. The van der Waals surface area contributed by atoms with Crippen molar-refractivity contribution in [2.45, 2.75) is 0 Å². The SMILES string of the molecule is Nc1n[nH]c(C(=O)N/N=C\c2ccccc2)n1. The molecule has 0 unspecified atom stereocenters. The summed E-state index contributed by atoms with van der Waals surface area (Å²) < 4.78 is 0. The monoisotopic (exact) mass is 230 g/mol. The molecule has 7 heteroatoms. The number of H-pyrrole nitrogens is 1. The van der Waals surface area contributed by atoms with Crippen molar-refractivity contribution >= 4 is 18.1 Å². The van der Waals surface area contributed by atoms with Gasteiger partial charge >= 0.3 is 5.91 Å². The molecule has 1 aromatic carbocycles. The number of hydrogen-bond donors (Lipinski definition) is 3. The molecule has 0 aliphatic rings. The third kappa shape index (κ3) is 2.88. The fourth-order valence-electron chi connectivity index (χ4n) is 1.13. The molecular formula is C10H10N6O. The largest absolute Gasteiger partial charge is 0.366 e. The Hall–Kier alpha value is -2.70. The highest BCUT2D eigenvalue weighted by atomic mass is 16.2. The molecule has 1 amide bonds. The normalized spacial score (nSPS) is 10.6. The number of nitrogen functional groups attached to an aromatic ring is 1. The second-order valence-corrected chi connectivity index (χ2v) is 3.15. The first-order chi connectivity index (χ1) is 8.25. The van der Waals surface area contributed by atoms with Crippen LogP contribution in [0.1, 0.15) is 16.2 Å². The maximum absolute atomic E-state index is 11.4. The van der Waals surface area contributed by atoms with E-state index in [1.165, 1.54) is 6.21 Å². The van der Waals surface area contributed by atoms with Crippen molar-refractivity contribution in [3.63, 3.8) is 0 Å². The summed E-state index contributed by atoms with van der Waals surface area (Å²) in [4.78, 5) is 15.1. The molecule has 0 aliphatic heterocycles. The number of amides is 1. The molecule has 4 N–H and O–H groups in total. The Morgan fingerprint density at radius 2 is 2.18 bits per heavy atom. The van der Waals surface area contributed by atoms with Crippen molar-refractivity contribution in [3.8, 4) is 0 Å². The van der Waals surface area contributed by atoms with Crippen LogP contribution in [0, 0.1) is 0 Å². The topological polar surface area (TPSA) is 109 Å². The van der Waals surface area contributed by atoms with E-state index >= 15 is 0 Å². The third-order valence-electron chi connectivity index (χ3n) is 1.90. The van der Waals surface area contributed by atoms with E-state index in [9.17, 15) is 4.79 Å². The van der Waals surface area contributed by atoms with Gasteiger partial charge in [0.1, 0.15) is 0 Å². The second-order valence-electron chi connectivity index (χ2n) is 3.15. The lowest BCUT2D eigenvalue weighted by Gasteiger charge is -1.94. The molecule has 1 heterocycles. The third-order valence-corrected chi connectivity index (χ3v) is 1.90. The van der Waals surface area contributed by atoms with Gasteiger partial charge in [0.15, 0.2) is 0 Å². The Morgan fingerprint density at radius 1 is 1.41 bits per heavy atom. The van der Waals surface area contributed by atoms with Crippen LogP contribution >= 0.6 is 0 Å². The van der Waals surface area contributed by atoms with Crippen LogP contribution in [-0.2, 0) is 0 Å². The van der Waals surface area contributed by atoms with Crippen LogP contribution in [0.15, 0.2) is 35.4 Å². The number of nitrogens with two attached hydrogens (primary N) is 1. The maximum Gasteiger partial charge on any atom is 0.308 e. The predicted molar refractivity (Wildman–Crippen MR) is 62.3 cm³/mol. The van der Waals surface area contributed by atoms with Crippen molar-refractivity contribution < 1.29 is 4.79 Å². The fraction of sp³-hybridized carbons (Fsp3) is 0. The summed E-state index contributed by atoms with van der Waals surface area (Å²) in [5.41, 5.74) is 8.45. The molecule has 0 fully saturated rings. The number of carbonyl (C=O) groups excluding carboxylic acids is 1. The first kappa shape index (κ1) is 10.8. The van der Waals surface area contributed by atoms with Crippen molar-refractivity contribution in [3.05, 3.63) is 41.7 Å². The van der Waals surface area contributed by atoms with Crippen molar-refractivity contribution in [1.29, 1.82) is 0 Å². The summed E-state index contributed by atoms with van der Waals surface area (Å²) in [6, 6.07) is 9.37. The average Bonchev–Trinajstić information content (AvgIpc) is 2.77. The van der Waals surface area contributed by atoms with E-state index in [1.54, 1.807) is 0 Å². The Balaban J connectivity index is 1.95. The molecule has 0 saturated heterocycles. The maximum atomic E-state index is 11.4. The van der Waals surface area contributed by atoms with Gasteiger partial charge in [-0.25, -0.2) is 5.43 Å². The molecule has 0 radical (unpaired) electrons. The smallest absolute Gasteiger partial charge is 0.308 e. The molecule has 86 valence electrons. The summed E-state index contributed by atoms with van der Waals surface area (Å²) in [6.45, 7) is 0. The zero-order chi connectivity index (χ0) is 12.1. The number of rotatable bonds is 3. The van der Waals surface area contributed by atoms with Gasteiger partial charge in [-0.2, -0.15) is 10.1 Å². The summed E-state index contributed by atoms with van der Waals surface area (Å²) in [7, 11) is 0. The van der Waals surface area contributed by atoms with E-state index in [4.69, 9.17) is 5.73 Å². The lowest BCUT2D eigenvalue weighted by molar-refractivity contribution is 0.0945. The van der Waals surface area contributed by atoms with Gasteiger partial charge in [0.05, 0.1) is 6.21 Å². The highest BCUT2D eigenvalue weighted by Gasteiger charge is 2.08. The molecule has 2 aromatic rings. The second kappa shape index (κ2) is 4.88. The summed E-state index contributed by atoms with van der Waals surface area (Å²) in [5.74, 6) is -0.462. The average molecular weight is 230 g/mol. The van der Waals surface area contributed by atoms with Crippen LogP contribution in [0.2, 0.25) is 0 Å². The van der Waals surface area contributed by atoms with Gasteiger partial charge in [-0.05, 0) is 5.56 Å². The van der Waals surface area contributed by atoms with Crippen LogP contribution in [0.4, 0.5) is 5.95 Å². The van der Waals surface area contributed by atoms with Crippen LogP contribution in [0.3, 0.4) is 0 Å². The van der Waals surface area contributed by atoms with Gasteiger partial charge in [0.2, 0.25) is 11.8 Å². The molecule has 0 aliphatic carbocycles. The summed E-state index contributed by atoms with van der Waals surface area (Å²) >= 11 is 0. The van der Waals surface area contributed by atoms with Crippen LogP contribution in [0.25, 0.3) is 0 Å². The Morgan fingerprint density at radius 3 is 2.82 bits per heavy atom. The minimum absolute atomic E-state index is 0.0159. The minimum Gasteiger partial charge on any atom is -0.366 e. The first-order valence-corrected chi connectivity index (χ1v) is 4.82. The number of benzene rings is 1. The fourth-order valence-corrected chi connectivity index (χ4v) is 1.13. The van der Waals surface area contributed by atoms with E-state index in [2.05, 4.69) is 25.7 Å². The summed E-state index contributed by atoms with van der Waals surface area (Å²) in [5, 5.41) is 9.69. The zero-order valence-corrected chi connectivity index (χ0v) is 8.79. The van der Waals surface area contributed by atoms with Gasteiger partial charge in [-0.1, -0.05) is 30.3 Å². The Kier molecular flexibility index (Phi) is 3.10. The number of nitrogens with zero attached hydrogens (tertiary/aromatic N) is 3. The first-order valence-electron chi connectivity index (χ1n) is 4.82. The van der Waals surface area contributed by atoms with Crippen molar-refractivity contribution in [2.24, 2.45) is 5.10 Å². The van der Waals surface area contributed by atoms with Gasteiger partial charge < -0.3 is 5.73 Å². The number of anilines is 1. The highest BCUT2D eigenvalue weighted by Crippen LogP contribution is 1.94. The molecule has 1 aromatic heterocycles. The van der Waals surface area contributed by atoms with E-state index in [-0.39, 0.29) is 11.8 Å². The van der Waals surface area contributed by atoms with Gasteiger partial charge in [-0.3, -0.25) is 9.89 Å². The number of carbonyl (C=O) groups is 1. The number of hydrogen-bond acceptors (Lipinski definition) is 5. The number of aromatic amines is 1. The molecule has 2 rings (SSSR count). The number of aromatic nitrogens is 3. The number of hydrazone groups is 1. The van der Waals surface area contributed by atoms with Crippen LogP contribution < -0.4 is 11.2 Å². The Bertz CT molecular complexity index is 533. The van der Waals surface area contributed by atoms with Gasteiger partial charge in [-0.15, -0.1) is 5.10 Å². The van der Waals surface area contributed by atoms with E-state index in [1.807, 2.05) is 30.3 Å². The summed E-state index contributed by atoms with van der Waals surface area (Å²) in [6.07, 6.45) is 1.53. The molecule has 17 heavy (non-hydrogen) atoms. The lowest BCUT2D eigenvalue weighted by Crippen LogP contribution is -2.19. The lowest BCUT2D eigenvalue weighted by atomic mass is 10.2. The molecule has 0 atom stereocenters. The standard InChI is InChI=1S/C10H10N6O/c11-10-13-8(14-16-10)9(17)15-12-6-7-4-2-1-3-5-7/h1-6H,(H,15,17)(H3,11,13,14,16)/b12-6-. The molecular weight excluding hydrogens is 220 g/mol. The van der Waals surface area contributed by atoms with Crippen molar-refractivity contribution in [1.82, 2.24) is 20.6 Å². The van der Waals surface area contributed by atoms with Crippen LogP contribution in [0.5, 0.6) is 0 Å². The predicted octanol–water partition coefficient (Wildman–Crippen LogP) is 0.151.